The van der Waals surface area contributed by atoms with Crippen LogP contribution < -0.4 is 26.5 Å². The third kappa shape index (κ3) is 2.78. The quantitative estimate of drug-likeness (QED) is 0.724. The number of carbonyl (C=O) groups is 1. The van der Waals surface area contributed by atoms with Gasteiger partial charge in [0.2, 0.25) is 5.91 Å². The van der Waals surface area contributed by atoms with Gasteiger partial charge in [-0.1, -0.05) is 0 Å². The molecule has 3 heterocycles. The van der Waals surface area contributed by atoms with E-state index in [1.807, 2.05) is 24.3 Å². The van der Waals surface area contributed by atoms with Crippen LogP contribution in [0.3, 0.4) is 0 Å². The lowest BCUT2D eigenvalue weighted by Crippen LogP contribution is -2.47. The lowest BCUT2D eigenvalue weighted by Gasteiger charge is -2.27. The molecular formula is C18H22N4O3S. The van der Waals surface area contributed by atoms with E-state index in [4.69, 9.17) is 4.74 Å². The average Bonchev–Trinajstić information content (AvgIpc) is 2.90. The van der Waals surface area contributed by atoms with E-state index in [0.717, 1.165) is 22.2 Å². The molecule has 138 valence electrons. The van der Waals surface area contributed by atoms with Crippen LogP contribution in [-0.2, 0) is 11.8 Å². The van der Waals surface area contributed by atoms with Gasteiger partial charge >= 0.3 is 0 Å². The number of methoxy groups -OCH3 is 1. The second kappa shape index (κ2) is 6.61. The first-order valence-corrected chi connectivity index (χ1v) is 9.64. The molecular weight excluding hydrogens is 352 g/mol. The third-order valence-electron chi connectivity index (χ3n) is 5.26. The molecule has 2 fully saturated rings. The third-order valence-corrected chi connectivity index (χ3v) is 6.61. The average molecular weight is 374 g/mol. The zero-order valence-corrected chi connectivity index (χ0v) is 15.7. The van der Waals surface area contributed by atoms with E-state index in [9.17, 15) is 9.59 Å². The smallest absolute Gasteiger partial charge is 0.255 e. The van der Waals surface area contributed by atoms with Crippen LogP contribution in [0.1, 0.15) is 17.7 Å². The highest BCUT2D eigenvalue weighted by molar-refractivity contribution is 8.00. The number of aryl methyl sites for hydroxylation is 1. The number of thioether (sulfide) groups is 1. The number of carbonyl (C=O) groups excluding carboxylic acids is 1. The van der Waals surface area contributed by atoms with E-state index in [1.165, 1.54) is 11.8 Å². The van der Waals surface area contributed by atoms with E-state index in [2.05, 4.69) is 23.1 Å². The van der Waals surface area contributed by atoms with Gasteiger partial charge in [0.05, 0.1) is 24.5 Å². The highest BCUT2D eigenvalue weighted by Crippen LogP contribution is 2.41. The standard InChI is InChI=1S/C18H22N4O3S/c1-9-15-16(26-8-14(23)19-17(15)21-20-9)12-6-10-4-5-11(25-3)7-13(10)22(2)18(12)24/h4-7,9,15-17,20-21H,8H2,1-3H3,(H,19,23). The van der Waals surface area contributed by atoms with Gasteiger partial charge in [-0.05, 0) is 30.5 Å². The van der Waals surface area contributed by atoms with E-state index in [1.54, 1.807) is 18.7 Å². The van der Waals surface area contributed by atoms with Crippen LogP contribution in [0.15, 0.2) is 29.1 Å². The van der Waals surface area contributed by atoms with E-state index in [0.29, 0.717) is 5.75 Å². The van der Waals surface area contributed by atoms with Gasteiger partial charge in [-0.25, -0.2) is 5.43 Å². The largest absolute Gasteiger partial charge is 0.497 e. The molecule has 2 aromatic rings. The van der Waals surface area contributed by atoms with Crippen molar-refractivity contribution in [1.82, 2.24) is 20.7 Å². The molecule has 26 heavy (non-hydrogen) atoms. The van der Waals surface area contributed by atoms with Crippen LogP contribution in [0.25, 0.3) is 10.9 Å². The van der Waals surface area contributed by atoms with Crippen molar-refractivity contribution in [3.63, 3.8) is 0 Å². The zero-order valence-electron chi connectivity index (χ0n) is 14.9. The molecule has 2 saturated heterocycles. The molecule has 0 bridgehead atoms. The Morgan fingerprint density at radius 2 is 2.04 bits per heavy atom. The Bertz CT molecular complexity index is 929. The second-order valence-corrected chi connectivity index (χ2v) is 7.95. The van der Waals surface area contributed by atoms with E-state index in [-0.39, 0.29) is 34.8 Å². The van der Waals surface area contributed by atoms with Crippen molar-refractivity contribution in [2.45, 2.75) is 24.4 Å². The first-order valence-electron chi connectivity index (χ1n) is 8.59. The molecule has 8 heteroatoms. The molecule has 2 aliphatic rings. The number of pyridine rings is 1. The molecule has 0 spiro atoms. The number of hydrogen-bond donors (Lipinski definition) is 3. The summed E-state index contributed by atoms with van der Waals surface area (Å²) in [6.45, 7) is 2.07. The summed E-state index contributed by atoms with van der Waals surface area (Å²) in [6.07, 6.45) is -0.186. The Hall–Kier alpha value is -2.03. The summed E-state index contributed by atoms with van der Waals surface area (Å²) < 4.78 is 6.95. The second-order valence-electron chi connectivity index (χ2n) is 6.82. The zero-order chi connectivity index (χ0) is 18.4. The molecule has 1 aromatic heterocycles. The number of amides is 1. The van der Waals surface area contributed by atoms with Crippen LogP contribution >= 0.6 is 11.8 Å². The number of nitrogens with zero attached hydrogens (tertiary/aromatic N) is 1. The molecule has 4 atom stereocenters. The molecule has 0 radical (unpaired) electrons. The minimum Gasteiger partial charge on any atom is -0.497 e. The van der Waals surface area contributed by atoms with Gasteiger partial charge in [0.15, 0.2) is 0 Å². The lowest BCUT2D eigenvalue weighted by molar-refractivity contribution is -0.119. The van der Waals surface area contributed by atoms with Crippen molar-refractivity contribution in [3.8, 4) is 5.75 Å². The molecule has 0 aliphatic carbocycles. The summed E-state index contributed by atoms with van der Waals surface area (Å²) in [4.78, 5) is 25.2. The minimum absolute atomic E-state index is 0.0155. The Labute approximate surface area is 155 Å². The highest BCUT2D eigenvalue weighted by Gasteiger charge is 2.43. The van der Waals surface area contributed by atoms with E-state index < -0.39 is 0 Å². The van der Waals surface area contributed by atoms with Gasteiger partial charge in [0.1, 0.15) is 5.75 Å². The van der Waals surface area contributed by atoms with Crippen molar-refractivity contribution >= 4 is 28.6 Å². The topological polar surface area (TPSA) is 84.4 Å². The molecule has 4 rings (SSSR count). The van der Waals surface area contributed by atoms with Gasteiger partial charge in [-0.15, -0.1) is 11.8 Å². The van der Waals surface area contributed by atoms with Crippen molar-refractivity contribution in [3.05, 3.63) is 40.2 Å². The summed E-state index contributed by atoms with van der Waals surface area (Å²) >= 11 is 1.53. The number of fused-ring (bicyclic) bond motifs is 2. The molecule has 7 nitrogen and oxygen atoms in total. The Kier molecular flexibility index (Phi) is 4.42. The number of hydrogen-bond acceptors (Lipinski definition) is 6. The highest BCUT2D eigenvalue weighted by atomic mass is 32.2. The predicted octanol–water partition coefficient (Wildman–Crippen LogP) is 0.890. The normalized spacial score (nSPS) is 28.5. The monoisotopic (exact) mass is 374 g/mol. The van der Waals surface area contributed by atoms with Gasteiger partial charge in [-0.3, -0.25) is 15.0 Å². The number of nitrogens with one attached hydrogen (secondary N) is 3. The van der Waals surface area contributed by atoms with Gasteiger partial charge in [-0.2, -0.15) is 0 Å². The van der Waals surface area contributed by atoms with Crippen molar-refractivity contribution in [1.29, 1.82) is 0 Å². The van der Waals surface area contributed by atoms with Crippen molar-refractivity contribution in [2.75, 3.05) is 12.9 Å². The summed E-state index contributed by atoms with van der Waals surface area (Å²) in [5.74, 6) is 1.13. The molecule has 3 N–H and O–H groups in total. The first kappa shape index (κ1) is 17.4. The number of aromatic nitrogens is 1. The molecule has 1 amide bonds. The fraction of sp³-hybridized carbons (Fsp3) is 0.444. The predicted molar refractivity (Wildman–Crippen MR) is 102 cm³/mol. The van der Waals surface area contributed by atoms with Crippen LogP contribution in [0, 0.1) is 5.92 Å². The maximum atomic E-state index is 13.1. The maximum Gasteiger partial charge on any atom is 0.255 e. The number of rotatable bonds is 2. The Morgan fingerprint density at radius 1 is 1.23 bits per heavy atom. The van der Waals surface area contributed by atoms with Gasteiger partial charge in [0, 0.05) is 35.9 Å². The Balaban J connectivity index is 1.85. The maximum absolute atomic E-state index is 13.1. The van der Waals surface area contributed by atoms with Crippen molar-refractivity contribution in [2.24, 2.45) is 13.0 Å². The van der Waals surface area contributed by atoms with Crippen molar-refractivity contribution < 1.29 is 9.53 Å². The molecule has 1 aromatic carbocycles. The molecule has 4 unspecified atom stereocenters. The number of hydrazine groups is 1. The summed E-state index contributed by atoms with van der Waals surface area (Å²) in [5.41, 5.74) is 7.87. The molecule has 2 aliphatic heterocycles. The van der Waals surface area contributed by atoms with Gasteiger partial charge < -0.3 is 14.6 Å². The van der Waals surface area contributed by atoms with E-state index >= 15 is 0 Å². The summed E-state index contributed by atoms with van der Waals surface area (Å²) in [7, 11) is 3.39. The minimum atomic E-state index is -0.186. The lowest BCUT2D eigenvalue weighted by atomic mass is 9.91. The SMILES string of the molecule is COc1ccc2cc(C3SCC(=O)NC4NNC(C)C43)c(=O)n(C)c2c1. The number of benzene rings is 1. The van der Waals surface area contributed by atoms with Gasteiger partial charge in [0.25, 0.3) is 5.56 Å². The fourth-order valence-corrected chi connectivity index (χ4v) is 5.24. The molecule has 0 saturated carbocycles. The summed E-state index contributed by atoms with van der Waals surface area (Å²) in [5, 5.41) is 3.90. The van der Waals surface area contributed by atoms with Crippen LogP contribution in [0.5, 0.6) is 5.75 Å². The fourth-order valence-electron chi connectivity index (χ4n) is 3.86. The van der Waals surface area contributed by atoms with Crippen LogP contribution in [-0.4, -0.2) is 35.5 Å². The number of ether oxygens (including phenoxy) is 1. The van der Waals surface area contributed by atoms with Crippen LogP contribution in [0.2, 0.25) is 0 Å². The summed E-state index contributed by atoms with van der Waals surface area (Å²) in [6, 6.07) is 7.83. The Morgan fingerprint density at radius 3 is 2.81 bits per heavy atom. The first-order chi connectivity index (χ1) is 12.5. The van der Waals surface area contributed by atoms with Crippen LogP contribution in [0.4, 0.5) is 0 Å².